The van der Waals surface area contributed by atoms with Gasteiger partial charge in [-0.15, -0.1) is 11.6 Å². The molecule has 0 aromatic heterocycles. The van der Waals surface area contributed by atoms with Crippen LogP contribution in [0.4, 0.5) is 0 Å². The Kier molecular flexibility index (Phi) is 4.87. The van der Waals surface area contributed by atoms with Crippen LogP contribution in [-0.2, 0) is 4.74 Å². The molecule has 0 aliphatic carbocycles. The van der Waals surface area contributed by atoms with Crippen molar-refractivity contribution in [2.75, 3.05) is 33.5 Å². The molecule has 2 rings (SSSR count). The van der Waals surface area contributed by atoms with Crippen LogP contribution in [0, 0.1) is 0 Å². The number of hydrogen-bond acceptors (Lipinski definition) is 4. The summed E-state index contributed by atoms with van der Waals surface area (Å²) < 4.78 is 15.8. The molecule has 1 aromatic rings. The average Bonchev–Trinajstić information content (AvgIpc) is 2.44. The maximum absolute atomic E-state index is 12.1. The minimum Gasteiger partial charge on any atom is -0.486 e. The van der Waals surface area contributed by atoms with Crippen LogP contribution in [0.1, 0.15) is 10.4 Å². The molecule has 0 saturated carbocycles. The molecule has 1 aromatic carbocycles. The van der Waals surface area contributed by atoms with Gasteiger partial charge in [-0.2, -0.15) is 0 Å². The second kappa shape index (κ2) is 6.63. The molecule has 1 aliphatic heterocycles. The molecule has 0 radical (unpaired) electrons. The predicted molar refractivity (Wildman–Crippen MR) is 71.3 cm³/mol. The van der Waals surface area contributed by atoms with Gasteiger partial charge in [0.1, 0.15) is 13.2 Å². The van der Waals surface area contributed by atoms with Crippen LogP contribution in [0.25, 0.3) is 0 Å². The van der Waals surface area contributed by atoms with E-state index in [4.69, 9.17) is 25.8 Å². The first kappa shape index (κ1) is 14.0. The van der Waals surface area contributed by atoms with Crippen molar-refractivity contribution in [2.24, 2.45) is 0 Å². The lowest BCUT2D eigenvalue weighted by atomic mass is 10.1. The number of nitrogens with one attached hydrogen (secondary N) is 1. The van der Waals surface area contributed by atoms with Gasteiger partial charge >= 0.3 is 0 Å². The molecule has 1 aliphatic rings. The summed E-state index contributed by atoms with van der Waals surface area (Å²) in [6.07, 6.45) is 0. The van der Waals surface area contributed by atoms with E-state index < -0.39 is 0 Å². The van der Waals surface area contributed by atoms with Crippen LogP contribution < -0.4 is 14.8 Å². The van der Waals surface area contributed by atoms with E-state index >= 15 is 0 Å². The van der Waals surface area contributed by atoms with Crippen LogP contribution in [0.3, 0.4) is 0 Å². The van der Waals surface area contributed by atoms with E-state index in [0.717, 1.165) is 0 Å². The molecular weight excluding hydrogens is 270 g/mol. The average molecular weight is 286 g/mol. The largest absolute Gasteiger partial charge is 0.486 e. The summed E-state index contributed by atoms with van der Waals surface area (Å²) in [5.74, 6) is 0.853. The molecule has 0 spiro atoms. The molecule has 1 N–H and O–H groups in total. The van der Waals surface area contributed by atoms with Gasteiger partial charge in [0.15, 0.2) is 11.5 Å². The molecule has 1 heterocycles. The second-order valence-corrected chi connectivity index (χ2v) is 4.71. The van der Waals surface area contributed by atoms with Gasteiger partial charge in [0, 0.05) is 13.7 Å². The van der Waals surface area contributed by atoms with Crippen LogP contribution in [0.15, 0.2) is 18.2 Å². The highest BCUT2D eigenvalue weighted by Gasteiger charge is 2.20. The van der Waals surface area contributed by atoms with Crippen LogP contribution in [-0.4, -0.2) is 44.8 Å². The number of fused-ring (bicyclic) bond motifs is 1. The summed E-state index contributed by atoms with van der Waals surface area (Å²) in [5, 5.41) is 2.49. The smallest absolute Gasteiger partial charge is 0.255 e. The number of carbonyl (C=O) groups is 1. The number of carbonyl (C=O) groups excluding carboxylic acids is 1. The summed E-state index contributed by atoms with van der Waals surface area (Å²) >= 11 is 5.96. The summed E-state index contributed by atoms with van der Waals surface area (Å²) in [7, 11) is 1.57. The van der Waals surface area contributed by atoms with Gasteiger partial charge in [-0.05, 0) is 12.1 Å². The van der Waals surface area contributed by atoms with Crippen molar-refractivity contribution < 1.29 is 19.0 Å². The molecular formula is C13H16ClNO4. The Hall–Kier alpha value is -1.46. The van der Waals surface area contributed by atoms with Crippen LogP contribution >= 0.6 is 11.6 Å². The number of hydrogen-bond donors (Lipinski definition) is 1. The zero-order valence-electron chi connectivity index (χ0n) is 10.6. The van der Waals surface area contributed by atoms with Crippen molar-refractivity contribution in [1.82, 2.24) is 5.32 Å². The van der Waals surface area contributed by atoms with Crippen LogP contribution in [0.5, 0.6) is 11.5 Å². The Morgan fingerprint density at radius 1 is 1.47 bits per heavy atom. The quantitative estimate of drug-likeness (QED) is 0.832. The standard InChI is InChI=1S/C13H16ClNO4/c1-17-8-9(14)7-15-13(16)10-3-2-4-11-12(10)19-6-5-18-11/h2-4,9H,5-8H2,1H3,(H,15,16). The molecule has 19 heavy (non-hydrogen) atoms. The number of alkyl halides is 1. The zero-order valence-corrected chi connectivity index (χ0v) is 11.4. The van der Waals surface area contributed by atoms with E-state index in [0.29, 0.717) is 43.4 Å². The van der Waals surface area contributed by atoms with Crippen molar-refractivity contribution in [3.8, 4) is 11.5 Å². The molecule has 0 bridgehead atoms. The summed E-state index contributed by atoms with van der Waals surface area (Å²) in [4.78, 5) is 12.1. The number of ether oxygens (including phenoxy) is 3. The molecule has 0 saturated heterocycles. The number of amides is 1. The third kappa shape index (κ3) is 3.52. The van der Waals surface area contributed by atoms with E-state index in [9.17, 15) is 4.79 Å². The van der Waals surface area contributed by atoms with E-state index in [1.807, 2.05) is 0 Å². The third-order valence-electron chi connectivity index (χ3n) is 2.64. The topological polar surface area (TPSA) is 56.8 Å². The van der Waals surface area contributed by atoms with Crippen molar-refractivity contribution in [1.29, 1.82) is 0 Å². The van der Waals surface area contributed by atoms with Gasteiger partial charge < -0.3 is 19.5 Å². The highest BCUT2D eigenvalue weighted by molar-refractivity contribution is 6.21. The highest BCUT2D eigenvalue weighted by Crippen LogP contribution is 2.33. The van der Waals surface area contributed by atoms with Crippen molar-refractivity contribution >= 4 is 17.5 Å². The van der Waals surface area contributed by atoms with Gasteiger partial charge in [-0.3, -0.25) is 4.79 Å². The molecule has 0 fully saturated rings. The lowest BCUT2D eigenvalue weighted by Gasteiger charge is -2.20. The fourth-order valence-electron chi connectivity index (χ4n) is 1.79. The molecule has 1 atom stereocenters. The molecule has 104 valence electrons. The number of methoxy groups -OCH3 is 1. The summed E-state index contributed by atoms with van der Waals surface area (Å²) in [6, 6.07) is 5.23. The Bertz CT molecular complexity index is 452. The van der Waals surface area contributed by atoms with Gasteiger partial charge in [-0.25, -0.2) is 0 Å². The van der Waals surface area contributed by atoms with E-state index in [1.165, 1.54) is 0 Å². The van der Waals surface area contributed by atoms with Gasteiger partial charge in [0.2, 0.25) is 0 Å². The van der Waals surface area contributed by atoms with Crippen molar-refractivity contribution in [3.05, 3.63) is 23.8 Å². The van der Waals surface area contributed by atoms with Gasteiger partial charge in [0.25, 0.3) is 5.91 Å². The minimum atomic E-state index is -0.259. The molecule has 5 nitrogen and oxygen atoms in total. The summed E-state index contributed by atoms with van der Waals surface area (Å²) in [6.45, 7) is 1.65. The zero-order chi connectivity index (χ0) is 13.7. The minimum absolute atomic E-state index is 0.232. The van der Waals surface area contributed by atoms with Gasteiger partial charge in [0.05, 0.1) is 17.5 Å². The normalized spacial score (nSPS) is 14.8. The van der Waals surface area contributed by atoms with Crippen LogP contribution in [0.2, 0.25) is 0 Å². The van der Waals surface area contributed by atoms with Crippen molar-refractivity contribution in [3.63, 3.8) is 0 Å². The third-order valence-corrected chi connectivity index (χ3v) is 2.92. The number of rotatable bonds is 5. The molecule has 1 unspecified atom stereocenters. The Morgan fingerprint density at radius 2 is 2.26 bits per heavy atom. The summed E-state index contributed by atoms with van der Waals surface area (Å²) in [5.41, 5.74) is 0.457. The maximum atomic E-state index is 12.1. The second-order valence-electron chi connectivity index (χ2n) is 4.09. The lowest BCUT2D eigenvalue weighted by Crippen LogP contribution is -2.32. The van der Waals surface area contributed by atoms with E-state index in [1.54, 1.807) is 25.3 Å². The molecule has 6 heteroatoms. The highest BCUT2D eigenvalue weighted by atomic mass is 35.5. The first-order valence-corrected chi connectivity index (χ1v) is 6.46. The monoisotopic (exact) mass is 285 g/mol. The van der Waals surface area contributed by atoms with E-state index in [-0.39, 0.29) is 11.3 Å². The number of para-hydroxylation sites is 1. The Morgan fingerprint density at radius 3 is 3.05 bits per heavy atom. The molecule has 1 amide bonds. The number of halogens is 1. The SMILES string of the molecule is COCC(Cl)CNC(=O)c1cccc2c1OCCO2. The lowest BCUT2D eigenvalue weighted by molar-refractivity contribution is 0.0938. The first-order valence-electron chi connectivity index (χ1n) is 6.02. The fourth-order valence-corrected chi connectivity index (χ4v) is 1.99. The van der Waals surface area contributed by atoms with Gasteiger partial charge in [-0.1, -0.05) is 6.07 Å². The Labute approximate surface area is 116 Å². The first-order chi connectivity index (χ1) is 9.22. The predicted octanol–water partition coefficient (Wildman–Crippen LogP) is 1.44. The maximum Gasteiger partial charge on any atom is 0.255 e. The fraction of sp³-hybridized carbons (Fsp3) is 0.462. The van der Waals surface area contributed by atoms with Crippen molar-refractivity contribution in [2.45, 2.75) is 5.38 Å². The van der Waals surface area contributed by atoms with E-state index in [2.05, 4.69) is 5.32 Å². The Balaban J connectivity index is 2.03. The number of benzene rings is 1.